The standard InChI is InChI=1S/C18H18O4/c1-20-12-5-6-13-11(8-12)4-7-16(19)15-10-18(22-3)17(21-2)9-14(13)15/h5-6,8-10H,4,7H2,1-3H3. The van der Waals surface area contributed by atoms with Crippen molar-refractivity contribution in [1.82, 2.24) is 0 Å². The van der Waals surface area contributed by atoms with Gasteiger partial charge in [0.05, 0.1) is 21.3 Å². The highest BCUT2D eigenvalue weighted by Gasteiger charge is 2.23. The molecule has 0 unspecified atom stereocenters. The molecule has 0 fully saturated rings. The fourth-order valence-corrected chi connectivity index (χ4v) is 2.88. The Morgan fingerprint density at radius 2 is 1.45 bits per heavy atom. The lowest BCUT2D eigenvalue weighted by Gasteiger charge is -2.14. The summed E-state index contributed by atoms with van der Waals surface area (Å²) in [6.45, 7) is 0. The van der Waals surface area contributed by atoms with Gasteiger partial charge in [0.25, 0.3) is 0 Å². The molecule has 0 aliphatic heterocycles. The van der Waals surface area contributed by atoms with Crippen LogP contribution in [0.4, 0.5) is 0 Å². The minimum atomic E-state index is 0.117. The zero-order valence-corrected chi connectivity index (χ0v) is 12.9. The number of methoxy groups -OCH3 is 3. The topological polar surface area (TPSA) is 44.8 Å². The van der Waals surface area contributed by atoms with Gasteiger partial charge in [-0.3, -0.25) is 4.79 Å². The van der Waals surface area contributed by atoms with Crippen LogP contribution in [0.5, 0.6) is 17.2 Å². The molecule has 0 atom stereocenters. The predicted octanol–water partition coefficient (Wildman–Crippen LogP) is 3.51. The third-order valence-electron chi connectivity index (χ3n) is 4.05. The highest BCUT2D eigenvalue weighted by molar-refractivity contribution is 6.04. The molecule has 114 valence electrons. The van der Waals surface area contributed by atoms with Crippen LogP contribution in [0.2, 0.25) is 0 Å². The molecule has 22 heavy (non-hydrogen) atoms. The van der Waals surface area contributed by atoms with Crippen LogP contribution < -0.4 is 14.2 Å². The minimum Gasteiger partial charge on any atom is -0.497 e. The Balaban J connectivity index is 2.25. The van der Waals surface area contributed by atoms with Gasteiger partial charge in [0.2, 0.25) is 0 Å². The first-order valence-corrected chi connectivity index (χ1v) is 7.14. The predicted molar refractivity (Wildman–Crippen MR) is 84.2 cm³/mol. The molecule has 0 radical (unpaired) electrons. The summed E-state index contributed by atoms with van der Waals surface area (Å²) in [5.74, 6) is 2.12. The molecule has 2 aromatic rings. The average Bonchev–Trinajstić information content (AvgIpc) is 2.70. The lowest BCUT2D eigenvalue weighted by atomic mass is 9.95. The van der Waals surface area contributed by atoms with E-state index in [1.807, 2.05) is 24.3 Å². The van der Waals surface area contributed by atoms with Crippen molar-refractivity contribution in [2.45, 2.75) is 12.8 Å². The quantitative estimate of drug-likeness (QED) is 0.870. The average molecular weight is 298 g/mol. The van der Waals surface area contributed by atoms with E-state index in [-0.39, 0.29) is 5.78 Å². The lowest BCUT2D eigenvalue weighted by Crippen LogP contribution is -2.01. The third-order valence-corrected chi connectivity index (χ3v) is 4.05. The number of carbonyl (C=O) groups excluding carboxylic acids is 1. The van der Waals surface area contributed by atoms with Crippen molar-refractivity contribution in [2.24, 2.45) is 0 Å². The van der Waals surface area contributed by atoms with Crippen molar-refractivity contribution in [1.29, 1.82) is 0 Å². The molecule has 0 spiro atoms. The number of hydrogen-bond donors (Lipinski definition) is 0. The minimum absolute atomic E-state index is 0.117. The Labute approximate surface area is 129 Å². The van der Waals surface area contributed by atoms with Gasteiger partial charge in [0, 0.05) is 12.0 Å². The van der Waals surface area contributed by atoms with E-state index in [1.54, 1.807) is 27.4 Å². The molecule has 1 aliphatic rings. The maximum atomic E-state index is 12.5. The molecule has 3 rings (SSSR count). The number of carbonyl (C=O) groups is 1. The Morgan fingerprint density at radius 3 is 2.09 bits per heavy atom. The van der Waals surface area contributed by atoms with Crippen molar-refractivity contribution >= 4 is 5.78 Å². The van der Waals surface area contributed by atoms with Crippen LogP contribution >= 0.6 is 0 Å². The second-order valence-corrected chi connectivity index (χ2v) is 5.20. The highest BCUT2D eigenvalue weighted by atomic mass is 16.5. The molecule has 4 heteroatoms. The fourth-order valence-electron chi connectivity index (χ4n) is 2.88. The number of rotatable bonds is 3. The molecule has 0 saturated carbocycles. The van der Waals surface area contributed by atoms with Crippen LogP contribution in [0.3, 0.4) is 0 Å². The summed E-state index contributed by atoms with van der Waals surface area (Å²) in [6.07, 6.45) is 1.17. The van der Waals surface area contributed by atoms with Gasteiger partial charge in [-0.25, -0.2) is 0 Å². The van der Waals surface area contributed by atoms with E-state index in [4.69, 9.17) is 14.2 Å². The van der Waals surface area contributed by atoms with E-state index in [0.29, 0.717) is 29.9 Å². The first-order chi connectivity index (χ1) is 10.7. The molecule has 1 aliphatic carbocycles. The van der Waals surface area contributed by atoms with Gasteiger partial charge in [-0.05, 0) is 47.4 Å². The first-order valence-electron chi connectivity index (χ1n) is 7.14. The summed E-state index contributed by atoms with van der Waals surface area (Å²) < 4.78 is 16.0. The van der Waals surface area contributed by atoms with Crippen molar-refractivity contribution in [3.63, 3.8) is 0 Å². The Morgan fingerprint density at radius 1 is 0.773 bits per heavy atom. The molecule has 4 nitrogen and oxygen atoms in total. The molecule has 0 N–H and O–H groups in total. The summed E-state index contributed by atoms with van der Waals surface area (Å²) in [6, 6.07) is 9.56. The number of ether oxygens (including phenoxy) is 3. The molecular weight excluding hydrogens is 280 g/mol. The monoisotopic (exact) mass is 298 g/mol. The van der Waals surface area contributed by atoms with E-state index >= 15 is 0 Å². The molecule has 0 amide bonds. The molecule has 0 aromatic heterocycles. The van der Waals surface area contributed by atoms with Crippen molar-refractivity contribution in [3.05, 3.63) is 41.5 Å². The van der Waals surface area contributed by atoms with Gasteiger partial charge in [0.1, 0.15) is 5.75 Å². The van der Waals surface area contributed by atoms with E-state index in [1.165, 1.54) is 0 Å². The van der Waals surface area contributed by atoms with Crippen LogP contribution in [0.15, 0.2) is 30.3 Å². The second kappa shape index (κ2) is 5.72. The lowest BCUT2D eigenvalue weighted by molar-refractivity contribution is 0.0984. The van der Waals surface area contributed by atoms with Crippen molar-refractivity contribution in [2.75, 3.05) is 21.3 Å². The van der Waals surface area contributed by atoms with Crippen LogP contribution in [-0.4, -0.2) is 27.1 Å². The molecule has 0 heterocycles. The van der Waals surface area contributed by atoms with Gasteiger partial charge >= 0.3 is 0 Å². The number of benzene rings is 2. The van der Waals surface area contributed by atoms with E-state index < -0.39 is 0 Å². The van der Waals surface area contributed by atoms with E-state index in [0.717, 1.165) is 22.4 Å². The number of aryl methyl sites for hydroxylation is 1. The van der Waals surface area contributed by atoms with E-state index in [9.17, 15) is 4.79 Å². The smallest absolute Gasteiger partial charge is 0.163 e. The van der Waals surface area contributed by atoms with Crippen molar-refractivity contribution in [3.8, 4) is 28.4 Å². The zero-order chi connectivity index (χ0) is 15.7. The summed E-state index contributed by atoms with van der Waals surface area (Å²) in [5.41, 5.74) is 3.72. The summed E-state index contributed by atoms with van der Waals surface area (Å²) in [5, 5.41) is 0. The molecular formula is C18H18O4. The van der Waals surface area contributed by atoms with Crippen molar-refractivity contribution < 1.29 is 19.0 Å². The van der Waals surface area contributed by atoms with Gasteiger partial charge in [-0.15, -0.1) is 0 Å². The highest BCUT2D eigenvalue weighted by Crippen LogP contribution is 2.40. The number of ketones is 1. The SMILES string of the molecule is COc1ccc2c(c1)CCC(=O)c1cc(OC)c(OC)cc1-2. The summed E-state index contributed by atoms with van der Waals surface area (Å²) in [4.78, 5) is 12.5. The normalized spacial score (nSPS) is 13.0. The Bertz CT molecular complexity index is 734. The zero-order valence-electron chi connectivity index (χ0n) is 12.9. The van der Waals surface area contributed by atoms with E-state index in [2.05, 4.69) is 0 Å². The van der Waals surface area contributed by atoms with Crippen LogP contribution in [0, 0.1) is 0 Å². The van der Waals surface area contributed by atoms with Gasteiger partial charge in [-0.2, -0.15) is 0 Å². The molecule has 0 bridgehead atoms. The maximum absolute atomic E-state index is 12.5. The number of hydrogen-bond acceptors (Lipinski definition) is 4. The second-order valence-electron chi connectivity index (χ2n) is 5.20. The van der Waals surface area contributed by atoms with Gasteiger partial charge in [-0.1, -0.05) is 6.07 Å². The van der Waals surface area contributed by atoms with Crippen LogP contribution in [-0.2, 0) is 6.42 Å². The van der Waals surface area contributed by atoms with Gasteiger partial charge < -0.3 is 14.2 Å². The Kier molecular flexibility index (Phi) is 3.75. The summed E-state index contributed by atoms with van der Waals surface area (Å²) in [7, 11) is 4.81. The number of fused-ring (bicyclic) bond motifs is 3. The largest absolute Gasteiger partial charge is 0.497 e. The Hall–Kier alpha value is -2.49. The maximum Gasteiger partial charge on any atom is 0.163 e. The first kappa shape index (κ1) is 14.4. The molecule has 0 saturated heterocycles. The van der Waals surface area contributed by atoms with Crippen LogP contribution in [0.25, 0.3) is 11.1 Å². The third kappa shape index (κ3) is 2.30. The fraction of sp³-hybridized carbons (Fsp3) is 0.278. The number of Topliss-reactive ketones (excluding diaryl/α,β-unsaturated/α-hetero) is 1. The van der Waals surface area contributed by atoms with Gasteiger partial charge in [0.15, 0.2) is 17.3 Å². The van der Waals surface area contributed by atoms with Crippen LogP contribution in [0.1, 0.15) is 22.3 Å². The summed E-state index contributed by atoms with van der Waals surface area (Å²) >= 11 is 0. The molecule has 2 aromatic carbocycles.